The van der Waals surface area contributed by atoms with E-state index < -0.39 is 18.0 Å². The average molecular weight is 774 g/mol. The van der Waals surface area contributed by atoms with Crippen molar-refractivity contribution in [3.8, 4) is 0 Å². The molecule has 0 saturated carbocycles. The van der Waals surface area contributed by atoms with Gasteiger partial charge in [0, 0.05) is 96.7 Å². The van der Waals surface area contributed by atoms with Crippen molar-refractivity contribution in [2.75, 3.05) is 77.4 Å². The molecule has 3 fully saturated rings. The second-order valence-electron chi connectivity index (χ2n) is 15.5. The molecule has 3 aromatic rings. The number of amides is 4. The van der Waals surface area contributed by atoms with E-state index in [-0.39, 0.29) is 30.4 Å². The molecule has 56 heavy (non-hydrogen) atoms. The number of piperazine rings is 1. The fraction of sp³-hybridized carbons (Fsp3) is 0.585. The average Bonchev–Trinajstić information content (AvgIpc) is 3.38. The number of para-hydroxylation sites is 1. The van der Waals surface area contributed by atoms with Gasteiger partial charge in [0.1, 0.15) is 0 Å². The van der Waals surface area contributed by atoms with Crippen molar-refractivity contribution in [1.82, 2.24) is 29.1 Å². The molecule has 302 valence electrons. The van der Waals surface area contributed by atoms with Crippen LogP contribution in [0, 0.1) is 6.92 Å². The summed E-state index contributed by atoms with van der Waals surface area (Å²) in [7, 11) is 1.66. The van der Waals surface area contributed by atoms with Crippen LogP contribution in [0.2, 0.25) is 0 Å². The van der Waals surface area contributed by atoms with Gasteiger partial charge in [0.2, 0.25) is 0 Å². The lowest BCUT2D eigenvalue weighted by molar-refractivity contribution is -0.144. The van der Waals surface area contributed by atoms with Crippen LogP contribution < -0.4 is 11.1 Å². The van der Waals surface area contributed by atoms with Crippen LogP contribution in [0.15, 0.2) is 45.6 Å². The third kappa shape index (κ3) is 8.88. The lowest BCUT2D eigenvalue weighted by Crippen LogP contribution is -2.55. The maximum atomic E-state index is 14.3. The summed E-state index contributed by atoms with van der Waals surface area (Å²) in [6.07, 6.45) is 2.52. The van der Waals surface area contributed by atoms with Gasteiger partial charge in [-0.3, -0.25) is 19.1 Å². The van der Waals surface area contributed by atoms with Crippen molar-refractivity contribution < 1.29 is 33.1 Å². The van der Waals surface area contributed by atoms with Gasteiger partial charge in [0.05, 0.1) is 18.5 Å². The molecule has 5 heterocycles. The lowest BCUT2D eigenvalue weighted by Gasteiger charge is -2.43. The normalized spacial score (nSPS) is 19.7. The van der Waals surface area contributed by atoms with Gasteiger partial charge in [0.15, 0.2) is 11.7 Å². The van der Waals surface area contributed by atoms with Gasteiger partial charge in [-0.2, -0.15) is 0 Å². The Bertz CT molecular complexity index is 1950. The largest absolute Gasteiger partial charge is 0.466 e. The Morgan fingerprint density at radius 1 is 0.893 bits per heavy atom. The number of ether oxygens (including phenoxy) is 2. The molecule has 0 aliphatic carbocycles. The Kier molecular flexibility index (Phi) is 12.3. The number of aryl methyl sites for hydroxylation is 2. The lowest BCUT2D eigenvalue weighted by atomic mass is 9.99. The number of hydrogen-bond acceptors (Lipinski definition) is 10. The van der Waals surface area contributed by atoms with Crippen molar-refractivity contribution in [1.29, 1.82) is 0 Å². The molecule has 2 aromatic carbocycles. The second-order valence-corrected chi connectivity index (χ2v) is 15.5. The number of urea groups is 1. The van der Waals surface area contributed by atoms with Gasteiger partial charge in [-0.1, -0.05) is 24.3 Å². The number of esters is 1. The molecule has 4 aliphatic rings. The van der Waals surface area contributed by atoms with E-state index in [2.05, 4.69) is 15.1 Å². The maximum Gasteiger partial charge on any atom is 0.419 e. The topological polar surface area (TPSA) is 150 Å². The number of aromatic nitrogens is 1. The first kappa shape index (κ1) is 39.3. The van der Waals surface area contributed by atoms with Gasteiger partial charge in [-0.25, -0.2) is 14.4 Å². The van der Waals surface area contributed by atoms with Crippen LogP contribution >= 0.6 is 0 Å². The molecular weight excluding hydrogens is 718 g/mol. The highest BCUT2D eigenvalue weighted by molar-refractivity contribution is 5.91. The minimum Gasteiger partial charge on any atom is -0.466 e. The molecular formula is C41H55N7O8. The van der Waals surface area contributed by atoms with E-state index in [1.54, 1.807) is 18.0 Å². The fourth-order valence-electron chi connectivity index (χ4n) is 8.88. The Morgan fingerprint density at radius 3 is 2.32 bits per heavy atom. The first-order valence-corrected chi connectivity index (χ1v) is 20.2. The van der Waals surface area contributed by atoms with Crippen LogP contribution in [0.25, 0.3) is 11.1 Å². The van der Waals surface area contributed by atoms with Crippen molar-refractivity contribution >= 4 is 40.8 Å². The van der Waals surface area contributed by atoms with E-state index in [9.17, 15) is 24.0 Å². The first-order valence-electron chi connectivity index (χ1n) is 20.2. The molecule has 1 unspecified atom stereocenters. The number of rotatable bonds is 10. The number of likely N-dealkylation sites (tertiary alicyclic amines) is 2. The third-order valence-corrected chi connectivity index (χ3v) is 12.0. The number of hydrogen-bond donors (Lipinski definition) is 1. The zero-order valence-electron chi connectivity index (χ0n) is 32.9. The summed E-state index contributed by atoms with van der Waals surface area (Å²) in [6, 6.07) is 11.7. The van der Waals surface area contributed by atoms with Crippen LogP contribution in [0.4, 0.5) is 15.3 Å². The van der Waals surface area contributed by atoms with E-state index in [1.807, 2.05) is 54.0 Å². The van der Waals surface area contributed by atoms with Crippen LogP contribution in [-0.2, 0) is 39.0 Å². The van der Waals surface area contributed by atoms with E-state index in [0.29, 0.717) is 82.3 Å². The number of anilines is 1. The maximum absolute atomic E-state index is 14.3. The summed E-state index contributed by atoms with van der Waals surface area (Å²) in [6.45, 7) is 10.9. The molecule has 3 saturated heterocycles. The second kappa shape index (κ2) is 17.5. The van der Waals surface area contributed by atoms with Gasteiger partial charge < -0.3 is 38.8 Å². The van der Waals surface area contributed by atoms with Crippen LogP contribution in [-0.4, -0.2) is 143 Å². The predicted molar refractivity (Wildman–Crippen MR) is 209 cm³/mol. The van der Waals surface area contributed by atoms with Gasteiger partial charge in [0.25, 0.3) is 5.91 Å². The molecule has 0 bridgehead atoms. The van der Waals surface area contributed by atoms with Crippen molar-refractivity contribution in [3.63, 3.8) is 0 Å². The predicted octanol–water partition coefficient (Wildman–Crippen LogP) is 3.60. The van der Waals surface area contributed by atoms with Gasteiger partial charge in [-0.05, 0) is 74.8 Å². The Balaban J connectivity index is 0.973. The summed E-state index contributed by atoms with van der Waals surface area (Å²) in [5, 5.41) is 3.05. The van der Waals surface area contributed by atoms with E-state index in [1.165, 1.54) is 4.57 Å². The van der Waals surface area contributed by atoms with Crippen LogP contribution in [0.1, 0.15) is 55.7 Å². The Morgan fingerprint density at radius 2 is 1.59 bits per heavy atom. The highest BCUT2D eigenvalue weighted by Gasteiger charge is 2.37. The summed E-state index contributed by atoms with van der Waals surface area (Å²) in [4.78, 5) is 75.5. The summed E-state index contributed by atoms with van der Waals surface area (Å²) < 4.78 is 18.2. The molecule has 15 nitrogen and oxygen atoms in total. The minimum absolute atomic E-state index is 0.0186. The number of carbonyl (C=O) groups excluding carboxylic acids is 4. The molecule has 1 aromatic heterocycles. The molecule has 1 N–H and O–H groups in total. The summed E-state index contributed by atoms with van der Waals surface area (Å²) >= 11 is 0. The number of fused-ring (bicyclic) bond motifs is 2. The van der Waals surface area contributed by atoms with Crippen LogP contribution in [0.5, 0.6) is 0 Å². The Labute approximate surface area is 327 Å². The monoisotopic (exact) mass is 773 g/mol. The number of nitrogens with one attached hydrogen (secondary N) is 1. The zero-order chi connectivity index (χ0) is 39.3. The smallest absolute Gasteiger partial charge is 0.419 e. The standard InChI is InChI=1S/C41H55N7O8/c1-4-54-36(49)14-15-44-21-23-45(24-22-44)31-10-16-46(17-11-31)38(50)35(27-29-25-28(2)37-34(26-29)55-40(52)43(37)3)56-41(53)47-18-12-32(13-19-47)48-20-9-30-7-5-6-8-33(30)42-39(48)51/h5-8,25-26,31-32,35H,4,9-24,27H2,1-3H3,(H,42,51). The molecule has 15 heteroatoms. The zero-order valence-corrected chi connectivity index (χ0v) is 32.9. The van der Waals surface area contributed by atoms with Crippen molar-refractivity contribution in [2.24, 2.45) is 7.05 Å². The van der Waals surface area contributed by atoms with E-state index in [0.717, 1.165) is 67.8 Å². The molecule has 7 rings (SSSR count). The molecule has 1 atom stereocenters. The van der Waals surface area contributed by atoms with Crippen molar-refractivity contribution in [2.45, 2.75) is 77.0 Å². The fourth-order valence-corrected chi connectivity index (χ4v) is 8.88. The van der Waals surface area contributed by atoms with E-state index >= 15 is 0 Å². The van der Waals surface area contributed by atoms with Gasteiger partial charge in [-0.15, -0.1) is 0 Å². The van der Waals surface area contributed by atoms with Crippen molar-refractivity contribution in [3.05, 3.63) is 63.6 Å². The van der Waals surface area contributed by atoms with Gasteiger partial charge >= 0.3 is 23.8 Å². The molecule has 0 spiro atoms. The molecule has 4 amide bonds. The molecule has 0 radical (unpaired) electrons. The summed E-state index contributed by atoms with van der Waals surface area (Å²) in [5.74, 6) is -0.858. The number of benzene rings is 2. The van der Waals surface area contributed by atoms with E-state index in [4.69, 9.17) is 13.9 Å². The molecule has 4 aliphatic heterocycles. The quantitative estimate of drug-likeness (QED) is 0.303. The number of oxazole rings is 1. The highest BCUT2D eigenvalue weighted by Crippen LogP contribution is 2.27. The SMILES string of the molecule is CCOC(=O)CCN1CCN(C2CCN(C(=O)C(Cc3cc(C)c4c(c3)oc(=O)n4C)OC(=O)N3CCC(N4CCc5ccccc5NC4=O)CC3)CC2)CC1. The highest BCUT2D eigenvalue weighted by atomic mass is 16.6. The minimum atomic E-state index is -1.07. The number of nitrogens with zero attached hydrogens (tertiary/aromatic N) is 6. The number of carbonyl (C=O) groups is 4. The Hall–Kier alpha value is -4.89. The number of piperidine rings is 2. The summed E-state index contributed by atoms with van der Waals surface area (Å²) in [5.41, 5.74) is 4.62. The first-order chi connectivity index (χ1) is 27.1. The van der Waals surface area contributed by atoms with Crippen LogP contribution in [0.3, 0.4) is 0 Å². The third-order valence-electron chi connectivity index (χ3n) is 12.0.